The Morgan fingerprint density at radius 1 is 1.03 bits per heavy atom. The van der Waals surface area contributed by atoms with Crippen molar-refractivity contribution >= 4 is 43.6 Å². The van der Waals surface area contributed by atoms with Gasteiger partial charge in [-0.05, 0) is 56.2 Å². The minimum Gasteiger partial charge on any atom is -0.325 e. The summed E-state index contributed by atoms with van der Waals surface area (Å²) in [6.45, 7) is 2.21. The molecule has 154 valence electrons. The van der Waals surface area contributed by atoms with Gasteiger partial charge in [0.1, 0.15) is 6.54 Å². The van der Waals surface area contributed by atoms with Crippen molar-refractivity contribution in [3.05, 3.63) is 58.6 Å². The van der Waals surface area contributed by atoms with Crippen LogP contribution in [0.15, 0.2) is 57.9 Å². The standard InChI is InChI=1S/C20H22BrN3O4S/c1-15-4-10-18(11-5-15)29(27,28)24(20(26)23-12-2-3-13-23)14-19(25)22-17-8-6-16(21)7-9-17/h4-11H,2-3,12-14H2,1H3,(H,22,25). The summed E-state index contributed by atoms with van der Waals surface area (Å²) >= 11 is 3.32. The number of anilines is 1. The number of aryl methyl sites for hydroxylation is 1. The molecule has 3 rings (SSSR count). The summed E-state index contributed by atoms with van der Waals surface area (Å²) in [4.78, 5) is 27.0. The number of amides is 3. The Kier molecular flexibility index (Phi) is 6.59. The van der Waals surface area contributed by atoms with Gasteiger partial charge in [0.25, 0.3) is 10.0 Å². The van der Waals surface area contributed by atoms with Gasteiger partial charge in [0.15, 0.2) is 0 Å². The molecule has 0 aromatic heterocycles. The summed E-state index contributed by atoms with van der Waals surface area (Å²) < 4.78 is 27.8. The first-order valence-corrected chi connectivity index (χ1v) is 11.4. The van der Waals surface area contributed by atoms with Gasteiger partial charge in [0.05, 0.1) is 4.90 Å². The predicted molar refractivity (Wildman–Crippen MR) is 114 cm³/mol. The third-order valence-corrected chi connectivity index (χ3v) is 6.88. The SMILES string of the molecule is Cc1ccc(S(=O)(=O)N(CC(=O)Nc2ccc(Br)cc2)C(=O)N2CCCC2)cc1. The van der Waals surface area contributed by atoms with Gasteiger partial charge < -0.3 is 10.2 Å². The Hall–Kier alpha value is -2.39. The highest BCUT2D eigenvalue weighted by molar-refractivity contribution is 9.10. The Morgan fingerprint density at radius 3 is 2.21 bits per heavy atom. The Bertz CT molecular complexity index is 985. The molecule has 7 nitrogen and oxygen atoms in total. The van der Waals surface area contributed by atoms with Gasteiger partial charge in [-0.15, -0.1) is 0 Å². The van der Waals surface area contributed by atoms with Crippen molar-refractivity contribution < 1.29 is 18.0 Å². The molecule has 1 aliphatic rings. The maximum Gasteiger partial charge on any atom is 0.334 e. The van der Waals surface area contributed by atoms with E-state index in [1.54, 1.807) is 36.4 Å². The lowest BCUT2D eigenvalue weighted by Gasteiger charge is -2.27. The summed E-state index contributed by atoms with van der Waals surface area (Å²) in [7, 11) is -4.17. The van der Waals surface area contributed by atoms with Crippen LogP contribution in [0, 0.1) is 6.92 Å². The van der Waals surface area contributed by atoms with Crippen LogP contribution in [0.1, 0.15) is 18.4 Å². The zero-order valence-electron chi connectivity index (χ0n) is 16.0. The van der Waals surface area contributed by atoms with E-state index < -0.39 is 28.5 Å². The zero-order chi connectivity index (χ0) is 21.0. The molecule has 0 atom stereocenters. The molecule has 1 fully saturated rings. The maximum absolute atomic E-state index is 13.2. The van der Waals surface area contributed by atoms with Crippen LogP contribution in [-0.2, 0) is 14.8 Å². The molecule has 0 saturated carbocycles. The van der Waals surface area contributed by atoms with Crippen molar-refractivity contribution in [2.24, 2.45) is 0 Å². The number of likely N-dealkylation sites (tertiary alicyclic amines) is 1. The average molecular weight is 480 g/mol. The molecule has 3 amide bonds. The van der Waals surface area contributed by atoms with E-state index in [0.717, 1.165) is 22.9 Å². The molecule has 1 aliphatic heterocycles. The number of carbonyl (C=O) groups excluding carboxylic acids is 2. The molecule has 0 spiro atoms. The van der Waals surface area contributed by atoms with Gasteiger partial charge in [0, 0.05) is 23.2 Å². The summed E-state index contributed by atoms with van der Waals surface area (Å²) in [6.07, 6.45) is 1.63. The third-order valence-electron chi connectivity index (χ3n) is 4.61. The molecule has 29 heavy (non-hydrogen) atoms. The molecule has 0 bridgehead atoms. The highest BCUT2D eigenvalue weighted by atomic mass is 79.9. The number of nitrogens with one attached hydrogen (secondary N) is 1. The third kappa shape index (κ3) is 5.16. The molecule has 0 aliphatic carbocycles. The highest BCUT2D eigenvalue weighted by Crippen LogP contribution is 2.21. The lowest BCUT2D eigenvalue weighted by Crippen LogP contribution is -2.48. The predicted octanol–water partition coefficient (Wildman–Crippen LogP) is 3.60. The van der Waals surface area contributed by atoms with Crippen molar-refractivity contribution in [1.29, 1.82) is 0 Å². The first-order valence-electron chi connectivity index (χ1n) is 9.21. The molecular weight excluding hydrogens is 458 g/mol. The van der Waals surface area contributed by atoms with E-state index in [4.69, 9.17) is 0 Å². The van der Waals surface area contributed by atoms with E-state index in [-0.39, 0.29) is 4.90 Å². The summed E-state index contributed by atoms with van der Waals surface area (Å²) in [6, 6.07) is 12.4. The molecule has 0 unspecified atom stereocenters. The minimum atomic E-state index is -4.17. The smallest absolute Gasteiger partial charge is 0.325 e. The molecule has 1 saturated heterocycles. The second kappa shape index (κ2) is 8.96. The van der Waals surface area contributed by atoms with Crippen LogP contribution in [0.4, 0.5) is 10.5 Å². The van der Waals surface area contributed by atoms with Crippen LogP contribution >= 0.6 is 15.9 Å². The van der Waals surface area contributed by atoms with E-state index in [9.17, 15) is 18.0 Å². The quantitative estimate of drug-likeness (QED) is 0.709. The number of sulfonamides is 1. The number of urea groups is 1. The van der Waals surface area contributed by atoms with Crippen LogP contribution in [0.25, 0.3) is 0 Å². The molecule has 1 heterocycles. The van der Waals surface area contributed by atoms with Crippen molar-refractivity contribution in [2.75, 3.05) is 25.0 Å². The number of nitrogens with zero attached hydrogens (tertiary/aromatic N) is 2. The topological polar surface area (TPSA) is 86.8 Å². The summed E-state index contributed by atoms with van der Waals surface area (Å²) in [5.41, 5.74) is 1.41. The first kappa shape index (κ1) is 21.3. The fraction of sp³-hybridized carbons (Fsp3) is 0.300. The second-order valence-electron chi connectivity index (χ2n) is 6.86. The number of benzene rings is 2. The Labute approximate surface area is 178 Å². The van der Waals surface area contributed by atoms with E-state index in [0.29, 0.717) is 23.1 Å². The number of hydrogen-bond acceptors (Lipinski definition) is 4. The number of hydrogen-bond donors (Lipinski definition) is 1. The molecule has 1 N–H and O–H groups in total. The summed E-state index contributed by atoms with van der Waals surface area (Å²) in [5, 5.41) is 2.64. The Morgan fingerprint density at radius 2 is 1.62 bits per heavy atom. The highest BCUT2D eigenvalue weighted by Gasteiger charge is 2.35. The average Bonchev–Trinajstić information content (AvgIpc) is 3.22. The number of rotatable bonds is 5. The van der Waals surface area contributed by atoms with Gasteiger partial charge in [0.2, 0.25) is 5.91 Å². The van der Waals surface area contributed by atoms with Gasteiger partial charge in [-0.3, -0.25) is 4.79 Å². The van der Waals surface area contributed by atoms with Gasteiger partial charge in [-0.1, -0.05) is 33.6 Å². The van der Waals surface area contributed by atoms with E-state index in [2.05, 4.69) is 21.2 Å². The Balaban J connectivity index is 1.86. The van der Waals surface area contributed by atoms with Crippen LogP contribution in [0.5, 0.6) is 0 Å². The first-order chi connectivity index (χ1) is 13.8. The van der Waals surface area contributed by atoms with Crippen LogP contribution in [-0.4, -0.2) is 49.2 Å². The summed E-state index contributed by atoms with van der Waals surface area (Å²) in [5.74, 6) is -0.587. The van der Waals surface area contributed by atoms with Crippen LogP contribution < -0.4 is 5.32 Å². The normalized spacial score (nSPS) is 13.9. The maximum atomic E-state index is 13.2. The van der Waals surface area contributed by atoms with Crippen molar-refractivity contribution in [2.45, 2.75) is 24.7 Å². The van der Waals surface area contributed by atoms with Gasteiger partial charge in [-0.2, -0.15) is 0 Å². The molecule has 9 heteroatoms. The molecule has 2 aromatic carbocycles. The zero-order valence-corrected chi connectivity index (χ0v) is 18.4. The van der Waals surface area contributed by atoms with Crippen LogP contribution in [0.3, 0.4) is 0 Å². The second-order valence-corrected chi connectivity index (χ2v) is 9.63. The number of halogens is 1. The molecular formula is C20H22BrN3O4S. The monoisotopic (exact) mass is 479 g/mol. The van der Waals surface area contributed by atoms with Crippen molar-refractivity contribution in [3.8, 4) is 0 Å². The molecule has 0 radical (unpaired) electrons. The van der Waals surface area contributed by atoms with Crippen LogP contribution in [0.2, 0.25) is 0 Å². The van der Waals surface area contributed by atoms with E-state index >= 15 is 0 Å². The van der Waals surface area contributed by atoms with Gasteiger partial charge >= 0.3 is 6.03 Å². The number of carbonyl (C=O) groups is 2. The molecule has 2 aromatic rings. The van der Waals surface area contributed by atoms with Gasteiger partial charge in [-0.25, -0.2) is 17.5 Å². The van der Waals surface area contributed by atoms with E-state index in [1.165, 1.54) is 17.0 Å². The minimum absolute atomic E-state index is 0.0212. The fourth-order valence-corrected chi connectivity index (χ4v) is 4.63. The fourth-order valence-electron chi connectivity index (χ4n) is 3.02. The lowest BCUT2D eigenvalue weighted by molar-refractivity contribution is -0.116. The van der Waals surface area contributed by atoms with Crippen molar-refractivity contribution in [3.63, 3.8) is 0 Å². The van der Waals surface area contributed by atoms with E-state index in [1.807, 2.05) is 6.92 Å². The largest absolute Gasteiger partial charge is 0.334 e. The lowest BCUT2D eigenvalue weighted by atomic mass is 10.2. The van der Waals surface area contributed by atoms with Crippen molar-refractivity contribution in [1.82, 2.24) is 9.21 Å².